The predicted octanol–water partition coefficient (Wildman–Crippen LogP) is 3.45. The number of nitriles is 1. The summed E-state index contributed by atoms with van der Waals surface area (Å²) in [7, 11) is 0. The zero-order valence-corrected chi connectivity index (χ0v) is 13.6. The highest BCUT2D eigenvalue weighted by molar-refractivity contribution is 7.99. The number of rotatable bonds is 3. The zero-order chi connectivity index (χ0) is 16.5. The van der Waals surface area contributed by atoms with Crippen molar-refractivity contribution in [1.29, 1.82) is 5.26 Å². The van der Waals surface area contributed by atoms with Gasteiger partial charge in [0.15, 0.2) is 0 Å². The van der Waals surface area contributed by atoms with Gasteiger partial charge in [0, 0.05) is 34.6 Å². The van der Waals surface area contributed by atoms with Crippen LogP contribution in [0.4, 0.5) is 0 Å². The quantitative estimate of drug-likeness (QED) is 0.621. The highest BCUT2D eigenvalue weighted by Crippen LogP contribution is 2.35. The smallest absolute Gasteiger partial charge is 0.104 e. The van der Waals surface area contributed by atoms with Crippen molar-refractivity contribution in [2.75, 3.05) is 0 Å². The molecule has 0 spiro atoms. The molecule has 0 aromatic carbocycles. The molecule has 24 heavy (non-hydrogen) atoms. The van der Waals surface area contributed by atoms with Gasteiger partial charge in [0.2, 0.25) is 0 Å². The van der Waals surface area contributed by atoms with Crippen molar-refractivity contribution < 1.29 is 0 Å². The number of H-pyrrole nitrogens is 1. The van der Waals surface area contributed by atoms with Gasteiger partial charge < -0.3 is 0 Å². The predicted molar refractivity (Wildman–Crippen MR) is 90.6 cm³/mol. The third-order valence-corrected chi connectivity index (χ3v) is 4.85. The van der Waals surface area contributed by atoms with Crippen molar-refractivity contribution in [1.82, 2.24) is 24.8 Å². The van der Waals surface area contributed by atoms with Gasteiger partial charge in [-0.1, -0.05) is 17.8 Å². The molecule has 4 heterocycles. The molecule has 0 radical (unpaired) electrons. The van der Waals surface area contributed by atoms with Crippen LogP contribution in [0.1, 0.15) is 11.1 Å². The average molecular weight is 332 g/mol. The van der Waals surface area contributed by atoms with Gasteiger partial charge in [-0.05, 0) is 24.6 Å². The van der Waals surface area contributed by atoms with E-state index in [-0.39, 0.29) is 0 Å². The summed E-state index contributed by atoms with van der Waals surface area (Å²) in [6.45, 7) is 2.02. The summed E-state index contributed by atoms with van der Waals surface area (Å²) < 4.78 is 1.74. The topological polar surface area (TPSA) is 82.7 Å². The number of aryl methyl sites for hydroxylation is 1. The molecule has 4 aromatic rings. The van der Waals surface area contributed by atoms with E-state index in [2.05, 4.69) is 26.3 Å². The van der Waals surface area contributed by atoms with Crippen LogP contribution < -0.4 is 0 Å². The van der Waals surface area contributed by atoms with Crippen LogP contribution in [0.25, 0.3) is 16.6 Å². The molecule has 0 saturated carbocycles. The Morgan fingerprint density at radius 1 is 1.29 bits per heavy atom. The summed E-state index contributed by atoms with van der Waals surface area (Å²) in [5.41, 5.74) is 4.36. The fourth-order valence-electron chi connectivity index (χ4n) is 2.49. The molecule has 7 heteroatoms. The maximum atomic E-state index is 9.38. The summed E-state index contributed by atoms with van der Waals surface area (Å²) in [5, 5.41) is 21.4. The van der Waals surface area contributed by atoms with E-state index in [4.69, 9.17) is 0 Å². The van der Waals surface area contributed by atoms with E-state index >= 15 is 0 Å². The monoisotopic (exact) mass is 332 g/mol. The van der Waals surface area contributed by atoms with Crippen molar-refractivity contribution in [3.63, 3.8) is 0 Å². The van der Waals surface area contributed by atoms with Gasteiger partial charge in [0.05, 0.1) is 23.5 Å². The number of aromatic amines is 1. The molecule has 4 aromatic heterocycles. The van der Waals surface area contributed by atoms with Gasteiger partial charge >= 0.3 is 0 Å². The molecule has 1 N–H and O–H groups in total. The second kappa shape index (κ2) is 5.83. The van der Waals surface area contributed by atoms with Gasteiger partial charge in [0.25, 0.3) is 0 Å². The Bertz CT molecular complexity index is 1060. The van der Waals surface area contributed by atoms with Crippen molar-refractivity contribution in [2.45, 2.75) is 16.8 Å². The lowest BCUT2D eigenvalue weighted by atomic mass is 10.1. The van der Waals surface area contributed by atoms with Crippen molar-refractivity contribution in [2.24, 2.45) is 0 Å². The van der Waals surface area contributed by atoms with Crippen molar-refractivity contribution >= 4 is 17.3 Å². The molecule has 0 unspecified atom stereocenters. The number of hydrogen-bond acceptors (Lipinski definition) is 5. The first-order chi connectivity index (χ1) is 11.8. The van der Waals surface area contributed by atoms with Crippen LogP contribution >= 0.6 is 11.8 Å². The minimum absolute atomic E-state index is 0.546. The normalized spacial score (nSPS) is 10.8. The Kier molecular flexibility index (Phi) is 3.52. The molecule has 116 valence electrons. The largest absolute Gasteiger partial charge is 0.285 e. The van der Waals surface area contributed by atoms with Crippen LogP contribution in [0.15, 0.2) is 59.1 Å². The number of nitrogens with one attached hydrogen (secondary N) is 1. The third-order valence-electron chi connectivity index (χ3n) is 3.70. The van der Waals surface area contributed by atoms with Gasteiger partial charge in [-0.15, -0.1) is 0 Å². The number of hydrogen-bond donors (Lipinski definition) is 1. The van der Waals surface area contributed by atoms with E-state index in [1.54, 1.807) is 23.1 Å². The molecular formula is C17H12N6S. The minimum atomic E-state index is 0.546. The third kappa shape index (κ3) is 2.43. The van der Waals surface area contributed by atoms with E-state index < -0.39 is 0 Å². The van der Waals surface area contributed by atoms with Crippen LogP contribution in [0, 0.1) is 18.3 Å². The van der Waals surface area contributed by atoms with Gasteiger partial charge in [-0.25, -0.2) is 9.50 Å². The molecular weight excluding hydrogens is 320 g/mol. The van der Waals surface area contributed by atoms with Crippen LogP contribution in [-0.4, -0.2) is 24.8 Å². The zero-order valence-electron chi connectivity index (χ0n) is 12.8. The first-order valence-corrected chi connectivity index (χ1v) is 8.08. The number of aromatic nitrogens is 5. The van der Waals surface area contributed by atoms with E-state index in [0.29, 0.717) is 5.56 Å². The Balaban J connectivity index is 1.93. The van der Waals surface area contributed by atoms with Gasteiger partial charge in [-0.3, -0.25) is 5.10 Å². The van der Waals surface area contributed by atoms with Crippen LogP contribution in [0.2, 0.25) is 0 Å². The Labute approximate surface area is 142 Å². The highest BCUT2D eigenvalue weighted by atomic mass is 32.2. The second-order valence-corrected chi connectivity index (χ2v) is 6.30. The van der Waals surface area contributed by atoms with Crippen LogP contribution in [0.3, 0.4) is 0 Å². The van der Waals surface area contributed by atoms with E-state index in [0.717, 1.165) is 32.1 Å². The average Bonchev–Trinajstić information content (AvgIpc) is 3.26. The molecule has 0 atom stereocenters. The summed E-state index contributed by atoms with van der Waals surface area (Å²) >= 11 is 1.54. The summed E-state index contributed by atoms with van der Waals surface area (Å²) in [5.74, 6) is 0. The molecule has 0 saturated heterocycles. The lowest BCUT2D eigenvalue weighted by molar-refractivity contribution is 0.950. The summed E-state index contributed by atoms with van der Waals surface area (Å²) in [6.07, 6.45) is 8.85. The minimum Gasteiger partial charge on any atom is -0.285 e. The summed E-state index contributed by atoms with van der Waals surface area (Å²) in [4.78, 5) is 5.38. The number of pyridine rings is 2. The van der Waals surface area contributed by atoms with Gasteiger partial charge in [0.1, 0.15) is 11.1 Å². The Hall–Kier alpha value is -3.11. The van der Waals surface area contributed by atoms with Gasteiger partial charge in [-0.2, -0.15) is 15.5 Å². The standard InChI is InChI=1S/C17H12N6S/c1-11-3-2-4-19-17(11)24-15-5-12(14-7-20-21-8-14)10-23-16(15)13(6-18)9-22-23/h2-5,7-10H,1H3,(H,20,21). The number of nitrogens with zero attached hydrogens (tertiary/aromatic N) is 5. The summed E-state index contributed by atoms with van der Waals surface area (Å²) in [6, 6.07) is 8.19. The van der Waals surface area contributed by atoms with Crippen LogP contribution in [-0.2, 0) is 0 Å². The van der Waals surface area contributed by atoms with Crippen molar-refractivity contribution in [3.8, 4) is 17.2 Å². The molecule has 0 aliphatic heterocycles. The molecule has 0 amide bonds. The Morgan fingerprint density at radius 3 is 2.96 bits per heavy atom. The highest BCUT2D eigenvalue weighted by Gasteiger charge is 2.14. The molecule has 6 nitrogen and oxygen atoms in total. The van der Waals surface area contributed by atoms with Crippen LogP contribution in [0.5, 0.6) is 0 Å². The maximum absolute atomic E-state index is 9.38. The lowest BCUT2D eigenvalue weighted by Crippen LogP contribution is -1.93. The molecule has 0 aliphatic carbocycles. The Morgan fingerprint density at radius 2 is 2.21 bits per heavy atom. The second-order valence-electron chi connectivity index (χ2n) is 5.27. The van der Waals surface area contributed by atoms with E-state index in [1.807, 2.05) is 37.5 Å². The van der Waals surface area contributed by atoms with E-state index in [9.17, 15) is 5.26 Å². The molecule has 4 rings (SSSR count). The first-order valence-electron chi connectivity index (χ1n) is 7.26. The fraction of sp³-hybridized carbons (Fsp3) is 0.0588. The molecule has 0 bridgehead atoms. The van der Waals surface area contributed by atoms with Crippen molar-refractivity contribution in [3.05, 3.63) is 60.3 Å². The fourth-order valence-corrected chi connectivity index (χ4v) is 3.53. The maximum Gasteiger partial charge on any atom is 0.104 e. The first kappa shape index (κ1) is 14.5. The van der Waals surface area contributed by atoms with E-state index in [1.165, 1.54) is 11.8 Å². The molecule has 0 aliphatic rings. The molecule has 0 fully saturated rings. The number of fused-ring (bicyclic) bond motifs is 1. The lowest BCUT2D eigenvalue weighted by Gasteiger charge is -2.09. The SMILES string of the molecule is Cc1cccnc1Sc1cc(-c2cn[nH]c2)cn2ncc(C#N)c12.